The van der Waals surface area contributed by atoms with Gasteiger partial charge in [0.1, 0.15) is 11.6 Å². The molecule has 0 bridgehead atoms. The Hall–Kier alpha value is -1.59. The molecule has 1 aromatic rings. The summed E-state index contributed by atoms with van der Waals surface area (Å²) in [5, 5.41) is 14.3. The largest absolute Gasteiger partial charge is 0.338 e. The first-order chi connectivity index (χ1) is 10.2. The second kappa shape index (κ2) is 6.03. The maximum Gasteiger partial charge on any atom is 0.314 e. The topological polar surface area (TPSA) is 71.8 Å². The molecule has 2 aliphatic rings. The molecule has 21 heavy (non-hydrogen) atoms. The Balaban J connectivity index is 1.38. The average molecular weight is 291 g/mol. The van der Waals surface area contributed by atoms with Crippen molar-refractivity contribution in [3.05, 3.63) is 11.6 Å². The van der Waals surface area contributed by atoms with E-state index in [1.165, 1.54) is 19.3 Å². The Morgan fingerprint density at radius 3 is 2.86 bits per heavy atom. The summed E-state index contributed by atoms with van der Waals surface area (Å²) >= 11 is 0. The van der Waals surface area contributed by atoms with E-state index < -0.39 is 0 Å². The fourth-order valence-electron chi connectivity index (χ4n) is 3.35. The molecule has 6 nitrogen and oxygen atoms in total. The fourth-order valence-corrected chi connectivity index (χ4v) is 3.35. The molecule has 2 amide bonds. The van der Waals surface area contributed by atoms with Crippen LogP contribution in [0.5, 0.6) is 0 Å². The maximum atomic E-state index is 11.8. The van der Waals surface area contributed by atoms with E-state index in [9.17, 15) is 4.79 Å². The number of rotatable bonds is 6. The van der Waals surface area contributed by atoms with E-state index in [0.717, 1.165) is 50.4 Å². The minimum absolute atomic E-state index is 0.0594. The summed E-state index contributed by atoms with van der Waals surface area (Å²) in [6.45, 7) is 4.65. The SMILES string of the molecule is CCC1(CNC(=O)NCCc2nnc3n2CCC3)CCC1. The van der Waals surface area contributed by atoms with Gasteiger partial charge in [0.2, 0.25) is 0 Å². The number of hydrogen-bond acceptors (Lipinski definition) is 3. The highest BCUT2D eigenvalue weighted by Gasteiger charge is 2.35. The van der Waals surface area contributed by atoms with E-state index in [1.54, 1.807) is 0 Å². The summed E-state index contributed by atoms with van der Waals surface area (Å²) in [4.78, 5) is 11.8. The van der Waals surface area contributed by atoms with Gasteiger partial charge in [-0.3, -0.25) is 0 Å². The van der Waals surface area contributed by atoms with Gasteiger partial charge >= 0.3 is 6.03 Å². The first kappa shape index (κ1) is 14.4. The van der Waals surface area contributed by atoms with Crippen LogP contribution in [0.15, 0.2) is 0 Å². The summed E-state index contributed by atoms with van der Waals surface area (Å²) in [5.74, 6) is 2.08. The third-order valence-corrected chi connectivity index (χ3v) is 5.11. The van der Waals surface area contributed by atoms with Crippen LogP contribution in [0.3, 0.4) is 0 Å². The second-order valence-corrected chi connectivity index (χ2v) is 6.35. The van der Waals surface area contributed by atoms with Crippen molar-refractivity contribution in [3.63, 3.8) is 0 Å². The summed E-state index contributed by atoms with van der Waals surface area (Å²) in [5.41, 5.74) is 0.366. The summed E-state index contributed by atoms with van der Waals surface area (Å²) in [6.07, 6.45) is 7.88. The number of carbonyl (C=O) groups excluding carboxylic acids is 1. The minimum Gasteiger partial charge on any atom is -0.338 e. The third kappa shape index (κ3) is 3.04. The smallest absolute Gasteiger partial charge is 0.314 e. The van der Waals surface area contributed by atoms with Gasteiger partial charge in [-0.15, -0.1) is 10.2 Å². The van der Waals surface area contributed by atoms with Crippen molar-refractivity contribution in [1.82, 2.24) is 25.4 Å². The molecule has 1 aliphatic carbocycles. The Bertz CT molecular complexity index is 501. The van der Waals surface area contributed by atoms with Crippen LogP contribution >= 0.6 is 0 Å². The number of aryl methyl sites for hydroxylation is 1. The number of carbonyl (C=O) groups is 1. The van der Waals surface area contributed by atoms with Crippen molar-refractivity contribution in [2.24, 2.45) is 5.41 Å². The highest BCUT2D eigenvalue weighted by Crippen LogP contribution is 2.42. The quantitative estimate of drug-likeness (QED) is 0.837. The predicted octanol–water partition coefficient (Wildman–Crippen LogP) is 1.65. The third-order valence-electron chi connectivity index (χ3n) is 5.11. The van der Waals surface area contributed by atoms with Crippen LogP contribution < -0.4 is 10.6 Å². The molecule has 0 atom stereocenters. The first-order valence-electron chi connectivity index (χ1n) is 8.15. The molecular weight excluding hydrogens is 266 g/mol. The van der Waals surface area contributed by atoms with Gasteiger partial charge in [-0.25, -0.2) is 4.79 Å². The molecule has 0 unspecified atom stereocenters. The van der Waals surface area contributed by atoms with Crippen LogP contribution in [0, 0.1) is 5.41 Å². The lowest BCUT2D eigenvalue weighted by atomic mass is 9.67. The lowest BCUT2D eigenvalue weighted by Gasteiger charge is -2.41. The normalized spacial score (nSPS) is 18.9. The summed E-state index contributed by atoms with van der Waals surface area (Å²) in [6, 6.07) is -0.0594. The number of aromatic nitrogens is 3. The van der Waals surface area contributed by atoms with Gasteiger partial charge in [-0.05, 0) is 31.1 Å². The Morgan fingerprint density at radius 2 is 2.14 bits per heavy atom. The molecule has 0 radical (unpaired) electrons. The molecular formula is C15H25N5O. The lowest BCUT2D eigenvalue weighted by molar-refractivity contribution is 0.126. The molecule has 1 aromatic heterocycles. The number of urea groups is 1. The zero-order chi connectivity index (χ0) is 14.7. The second-order valence-electron chi connectivity index (χ2n) is 6.35. The molecule has 1 fully saturated rings. The van der Waals surface area contributed by atoms with Gasteiger partial charge in [0, 0.05) is 32.5 Å². The fraction of sp³-hybridized carbons (Fsp3) is 0.800. The maximum absolute atomic E-state index is 11.8. The number of nitrogens with zero attached hydrogens (tertiary/aromatic N) is 3. The molecule has 116 valence electrons. The molecule has 2 N–H and O–H groups in total. The Morgan fingerprint density at radius 1 is 1.29 bits per heavy atom. The summed E-state index contributed by atoms with van der Waals surface area (Å²) in [7, 11) is 0. The molecule has 0 spiro atoms. The van der Waals surface area contributed by atoms with Crippen LogP contribution in [0.1, 0.15) is 50.7 Å². The van der Waals surface area contributed by atoms with E-state index >= 15 is 0 Å². The first-order valence-corrected chi connectivity index (χ1v) is 8.15. The Kier molecular flexibility index (Phi) is 4.12. The van der Waals surface area contributed by atoms with Crippen LogP contribution in [0.25, 0.3) is 0 Å². The molecule has 0 saturated heterocycles. The predicted molar refractivity (Wildman–Crippen MR) is 80.0 cm³/mol. The zero-order valence-corrected chi connectivity index (χ0v) is 12.8. The number of amides is 2. The number of fused-ring (bicyclic) bond motifs is 1. The van der Waals surface area contributed by atoms with Crippen molar-refractivity contribution in [3.8, 4) is 0 Å². The van der Waals surface area contributed by atoms with Gasteiger partial charge in [-0.1, -0.05) is 13.3 Å². The van der Waals surface area contributed by atoms with E-state index in [2.05, 4.69) is 32.3 Å². The zero-order valence-electron chi connectivity index (χ0n) is 12.8. The minimum atomic E-state index is -0.0594. The molecule has 1 aliphatic heterocycles. The van der Waals surface area contributed by atoms with Gasteiger partial charge in [0.15, 0.2) is 0 Å². The van der Waals surface area contributed by atoms with E-state index in [0.29, 0.717) is 12.0 Å². The Labute approximate surface area is 125 Å². The van der Waals surface area contributed by atoms with Crippen molar-refractivity contribution >= 4 is 6.03 Å². The van der Waals surface area contributed by atoms with E-state index in [1.807, 2.05) is 0 Å². The van der Waals surface area contributed by atoms with Gasteiger partial charge in [0.25, 0.3) is 0 Å². The molecule has 0 aromatic carbocycles. The van der Waals surface area contributed by atoms with Crippen molar-refractivity contribution in [2.45, 2.75) is 58.4 Å². The molecule has 2 heterocycles. The monoisotopic (exact) mass is 291 g/mol. The van der Waals surface area contributed by atoms with Crippen molar-refractivity contribution in [2.75, 3.05) is 13.1 Å². The molecule has 3 rings (SSSR count). The number of nitrogens with one attached hydrogen (secondary N) is 2. The molecule has 6 heteroatoms. The van der Waals surface area contributed by atoms with Crippen molar-refractivity contribution in [1.29, 1.82) is 0 Å². The van der Waals surface area contributed by atoms with Gasteiger partial charge in [0.05, 0.1) is 0 Å². The van der Waals surface area contributed by atoms with E-state index in [-0.39, 0.29) is 6.03 Å². The molecule has 1 saturated carbocycles. The van der Waals surface area contributed by atoms with Crippen LogP contribution in [0.4, 0.5) is 4.79 Å². The average Bonchev–Trinajstić information content (AvgIpc) is 3.02. The van der Waals surface area contributed by atoms with Gasteiger partial charge < -0.3 is 15.2 Å². The highest BCUT2D eigenvalue weighted by molar-refractivity contribution is 5.73. The van der Waals surface area contributed by atoms with Gasteiger partial charge in [-0.2, -0.15) is 0 Å². The van der Waals surface area contributed by atoms with Crippen molar-refractivity contribution < 1.29 is 4.79 Å². The number of hydrogen-bond donors (Lipinski definition) is 2. The van der Waals surface area contributed by atoms with E-state index in [4.69, 9.17) is 0 Å². The summed E-state index contributed by atoms with van der Waals surface area (Å²) < 4.78 is 2.18. The van der Waals surface area contributed by atoms with Crippen LogP contribution in [-0.4, -0.2) is 33.9 Å². The highest BCUT2D eigenvalue weighted by atomic mass is 16.2. The standard InChI is InChI=1S/C15H25N5O/c1-2-15(7-4-8-15)11-17-14(21)16-9-6-13-19-18-12-5-3-10-20(12)13/h2-11H2,1H3,(H2,16,17,21). The lowest BCUT2D eigenvalue weighted by Crippen LogP contribution is -2.45. The van der Waals surface area contributed by atoms with Crippen LogP contribution in [0.2, 0.25) is 0 Å². The van der Waals surface area contributed by atoms with Crippen LogP contribution in [-0.2, 0) is 19.4 Å².